The summed E-state index contributed by atoms with van der Waals surface area (Å²) in [7, 11) is 2.03. The van der Waals surface area contributed by atoms with Gasteiger partial charge in [0.25, 0.3) is 0 Å². The maximum atomic E-state index is 4.64. The van der Waals surface area contributed by atoms with E-state index in [1.165, 1.54) is 16.7 Å². The summed E-state index contributed by atoms with van der Waals surface area (Å²) in [5.74, 6) is 0. The highest BCUT2D eigenvalue weighted by Gasteiger charge is 2.30. The van der Waals surface area contributed by atoms with E-state index < -0.39 is 0 Å². The lowest BCUT2D eigenvalue weighted by atomic mass is 9.86. The van der Waals surface area contributed by atoms with Gasteiger partial charge < -0.3 is 4.57 Å². The molecule has 98 valence electrons. The van der Waals surface area contributed by atoms with Gasteiger partial charge in [0.1, 0.15) is 0 Å². The van der Waals surface area contributed by atoms with E-state index in [4.69, 9.17) is 0 Å². The molecular formula is C16H24N2. The van der Waals surface area contributed by atoms with Gasteiger partial charge in [0.15, 0.2) is 0 Å². The summed E-state index contributed by atoms with van der Waals surface area (Å²) < 4.78 is 2.03. The summed E-state index contributed by atoms with van der Waals surface area (Å²) in [6.07, 6.45) is 4.09. The van der Waals surface area contributed by atoms with Crippen molar-refractivity contribution in [1.29, 1.82) is 0 Å². The molecule has 0 aromatic heterocycles. The number of aryl methyl sites for hydroxylation is 1. The van der Waals surface area contributed by atoms with Crippen LogP contribution < -0.4 is 0 Å². The van der Waals surface area contributed by atoms with Crippen LogP contribution in [0.4, 0.5) is 0 Å². The molecule has 0 saturated heterocycles. The smallest absolute Gasteiger partial charge is 0.0950 e. The van der Waals surface area contributed by atoms with Crippen LogP contribution in [-0.2, 0) is 17.9 Å². The molecule has 0 radical (unpaired) electrons. The first-order valence-corrected chi connectivity index (χ1v) is 6.56. The van der Waals surface area contributed by atoms with Crippen molar-refractivity contribution in [3.63, 3.8) is 0 Å². The third-order valence-corrected chi connectivity index (χ3v) is 3.41. The normalized spacial score (nSPS) is 13.3. The van der Waals surface area contributed by atoms with Crippen molar-refractivity contribution < 1.29 is 0 Å². The molecule has 2 nitrogen and oxygen atoms in total. The van der Waals surface area contributed by atoms with Crippen LogP contribution >= 0.6 is 0 Å². The maximum Gasteiger partial charge on any atom is 0.0950 e. The average Bonchev–Trinajstić information content (AvgIpc) is 2.54. The van der Waals surface area contributed by atoms with Gasteiger partial charge in [-0.2, -0.15) is 0 Å². The van der Waals surface area contributed by atoms with E-state index >= 15 is 0 Å². The van der Waals surface area contributed by atoms with Crippen LogP contribution in [0.25, 0.3) is 11.3 Å². The molecule has 0 atom stereocenters. The van der Waals surface area contributed by atoms with Gasteiger partial charge in [0.05, 0.1) is 12.0 Å². The average molecular weight is 244 g/mol. The van der Waals surface area contributed by atoms with Gasteiger partial charge in [0, 0.05) is 18.8 Å². The lowest BCUT2D eigenvalue weighted by molar-refractivity contribution is 0.580. The molecule has 1 aliphatic carbocycles. The predicted octanol–water partition coefficient (Wildman–Crippen LogP) is 4.12. The third-order valence-electron chi connectivity index (χ3n) is 3.41. The molecule has 18 heavy (non-hydrogen) atoms. The fourth-order valence-electron chi connectivity index (χ4n) is 2.41. The molecule has 2 heteroatoms. The monoisotopic (exact) mass is 244 g/mol. The second kappa shape index (κ2) is 3.84. The minimum atomic E-state index is 0.134. The van der Waals surface area contributed by atoms with E-state index in [1.807, 2.05) is 17.9 Å². The molecule has 0 saturated carbocycles. The van der Waals surface area contributed by atoms with Crippen molar-refractivity contribution in [2.24, 2.45) is 7.05 Å². The summed E-state index contributed by atoms with van der Waals surface area (Å²) in [6, 6.07) is 2.34. The molecule has 1 heterocycles. The van der Waals surface area contributed by atoms with Gasteiger partial charge in [-0.1, -0.05) is 47.6 Å². The maximum absolute atomic E-state index is 4.64. The van der Waals surface area contributed by atoms with Gasteiger partial charge in [-0.3, -0.25) is 0 Å². The molecule has 0 aromatic carbocycles. The highest BCUT2D eigenvalue weighted by atomic mass is 15.0. The Hall–Kier alpha value is -1.31. The molecule has 0 aromatic rings. The second-order valence-electron chi connectivity index (χ2n) is 7.27. The van der Waals surface area contributed by atoms with Crippen molar-refractivity contribution in [3.05, 3.63) is 29.7 Å². The Balaban J connectivity index is 2.77. The minimum Gasteiger partial charge on any atom is -0.341 e. The summed E-state index contributed by atoms with van der Waals surface area (Å²) in [6.45, 7) is 13.6. The van der Waals surface area contributed by atoms with E-state index in [0.717, 1.165) is 5.69 Å². The fraction of sp³-hybridized carbons (Fsp3) is 0.562. The Morgan fingerprint density at radius 2 is 1.50 bits per heavy atom. The van der Waals surface area contributed by atoms with E-state index in [-0.39, 0.29) is 10.8 Å². The number of aromatic nitrogens is 2. The van der Waals surface area contributed by atoms with E-state index in [1.54, 1.807) is 0 Å². The van der Waals surface area contributed by atoms with Crippen LogP contribution in [0.3, 0.4) is 0 Å². The standard InChI is InChI=1S/C16H24N2/c1-15(2,3)12-8-13(16(4,5)6)14-11(12)9-18(7)10-17-14/h8-10H,1-7H3. The van der Waals surface area contributed by atoms with E-state index in [2.05, 4.69) is 58.8 Å². The molecule has 1 aliphatic heterocycles. The Morgan fingerprint density at radius 3 is 2.00 bits per heavy atom. The topological polar surface area (TPSA) is 17.8 Å². The van der Waals surface area contributed by atoms with Gasteiger partial charge >= 0.3 is 0 Å². The summed E-state index contributed by atoms with van der Waals surface area (Å²) in [5, 5.41) is 0. The van der Waals surface area contributed by atoms with Crippen molar-refractivity contribution in [3.8, 4) is 11.3 Å². The summed E-state index contributed by atoms with van der Waals surface area (Å²) in [5.41, 5.74) is 5.48. The van der Waals surface area contributed by atoms with Crippen molar-refractivity contribution in [1.82, 2.24) is 9.55 Å². The third kappa shape index (κ3) is 2.16. The lowest BCUT2D eigenvalue weighted by Gasteiger charge is -2.19. The van der Waals surface area contributed by atoms with Gasteiger partial charge in [0.2, 0.25) is 0 Å². The Labute approximate surface area is 110 Å². The van der Waals surface area contributed by atoms with Crippen LogP contribution in [0.2, 0.25) is 0 Å². The highest BCUT2D eigenvalue weighted by molar-refractivity contribution is 5.73. The Morgan fingerprint density at radius 1 is 0.944 bits per heavy atom. The number of hydrogen-bond acceptors (Lipinski definition) is 1. The predicted molar refractivity (Wildman–Crippen MR) is 77.2 cm³/mol. The molecule has 2 rings (SSSR count). The lowest BCUT2D eigenvalue weighted by Crippen LogP contribution is -2.12. The molecule has 0 fully saturated rings. The fourth-order valence-corrected chi connectivity index (χ4v) is 2.41. The number of rotatable bonds is 0. The van der Waals surface area contributed by atoms with Crippen LogP contribution in [0, 0.1) is 0 Å². The van der Waals surface area contributed by atoms with Crippen molar-refractivity contribution in [2.45, 2.75) is 52.4 Å². The van der Waals surface area contributed by atoms with Crippen LogP contribution in [0.1, 0.15) is 52.7 Å². The van der Waals surface area contributed by atoms with E-state index in [0.29, 0.717) is 0 Å². The SMILES string of the molecule is Cn1cnc2c(C(C)(C)C)cc(C(C)(C)C)c-2c1. The zero-order valence-corrected chi connectivity index (χ0v) is 12.6. The molecule has 2 aliphatic rings. The van der Waals surface area contributed by atoms with Crippen LogP contribution in [-0.4, -0.2) is 9.55 Å². The van der Waals surface area contributed by atoms with Gasteiger partial charge in [-0.25, -0.2) is 4.98 Å². The highest BCUT2D eigenvalue weighted by Crippen LogP contribution is 2.42. The first-order chi connectivity index (χ1) is 8.10. The molecule has 0 amide bonds. The van der Waals surface area contributed by atoms with Crippen LogP contribution in [0.5, 0.6) is 0 Å². The number of hydrogen-bond donors (Lipinski definition) is 0. The van der Waals surface area contributed by atoms with Gasteiger partial charge in [-0.05, 0) is 22.0 Å². The van der Waals surface area contributed by atoms with Crippen molar-refractivity contribution in [2.75, 3.05) is 0 Å². The number of nitrogens with zero attached hydrogens (tertiary/aromatic N) is 2. The first kappa shape index (κ1) is 13.1. The molecule has 0 spiro atoms. The zero-order valence-electron chi connectivity index (χ0n) is 12.6. The zero-order chi connectivity index (χ0) is 13.7. The largest absolute Gasteiger partial charge is 0.341 e. The molecule has 0 bridgehead atoms. The molecule has 0 unspecified atom stereocenters. The van der Waals surface area contributed by atoms with Crippen molar-refractivity contribution >= 4 is 0 Å². The second-order valence-corrected chi connectivity index (χ2v) is 7.27. The van der Waals surface area contributed by atoms with Gasteiger partial charge in [-0.15, -0.1) is 0 Å². The Kier molecular flexibility index (Phi) is 2.80. The number of fused-ring (bicyclic) bond motifs is 1. The van der Waals surface area contributed by atoms with Crippen LogP contribution in [0.15, 0.2) is 18.6 Å². The quantitative estimate of drug-likeness (QED) is 0.681. The van der Waals surface area contributed by atoms with E-state index in [9.17, 15) is 0 Å². The summed E-state index contributed by atoms with van der Waals surface area (Å²) >= 11 is 0. The molecular weight excluding hydrogens is 220 g/mol. The summed E-state index contributed by atoms with van der Waals surface area (Å²) in [4.78, 5) is 4.64. The molecule has 0 N–H and O–H groups in total. The first-order valence-electron chi connectivity index (χ1n) is 6.56. The Bertz CT molecular complexity index is 536. The minimum absolute atomic E-state index is 0.134.